The fraction of sp³-hybridized carbons (Fsp3) is 0.667. The van der Waals surface area contributed by atoms with Crippen molar-refractivity contribution < 1.29 is 8.42 Å². The minimum Gasteiger partial charge on any atom is -0.354 e. The van der Waals surface area contributed by atoms with Gasteiger partial charge in [0.15, 0.2) is 5.82 Å². The highest BCUT2D eigenvalue weighted by molar-refractivity contribution is 7.88. The lowest BCUT2D eigenvalue weighted by atomic mass is 10.2. The Morgan fingerprint density at radius 2 is 1.84 bits per heavy atom. The van der Waals surface area contributed by atoms with E-state index in [1.165, 1.54) is 10.6 Å². The molecule has 1 aliphatic rings. The molecule has 1 fully saturated rings. The highest BCUT2D eigenvalue weighted by Gasteiger charge is 2.22. The Bertz CT molecular complexity index is 559. The first-order valence-corrected chi connectivity index (χ1v) is 8.24. The summed E-state index contributed by atoms with van der Waals surface area (Å²) >= 11 is 0. The smallest absolute Gasteiger partial charge is 0.211 e. The summed E-state index contributed by atoms with van der Waals surface area (Å²) in [5.41, 5.74) is 2.03. The van der Waals surface area contributed by atoms with Crippen LogP contribution in [0, 0.1) is 13.8 Å². The van der Waals surface area contributed by atoms with Crippen molar-refractivity contribution in [1.29, 1.82) is 0 Å². The Morgan fingerprint density at radius 3 is 2.47 bits per heavy atom. The Balaban J connectivity index is 2.13. The number of sulfonamides is 1. The summed E-state index contributed by atoms with van der Waals surface area (Å²) in [5.74, 6) is 0.832. The summed E-state index contributed by atoms with van der Waals surface area (Å²) in [5, 5.41) is 8.33. The first-order chi connectivity index (χ1) is 8.88. The van der Waals surface area contributed by atoms with E-state index in [4.69, 9.17) is 0 Å². The lowest BCUT2D eigenvalue weighted by Gasteiger charge is -2.21. The van der Waals surface area contributed by atoms with Crippen LogP contribution in [0.25, 0.3) is 0 Å². The lowest BCUT2D eigenvalue weighted by Crippen LogP contribution is -2.34. The number of hydrogen-bond donors (Lipinski definition) is 0. The van der Waals surface area contributed by atoms with Gasteiger partial charge < -0.3 is 4.90 Å². The van der Waals surface area contributed by atoms with Crippen molar-refractivity contribution >= 4 is 15.8 Å². The van der Waals surface area contributed by atoms with Crippen molar-refractivity contribution in [2.45, 2.75) is 20.3 Å². The van der Waals surface area contributed by atoms with Crippen LogP contribution in [0.2, 0.25) is 0 Å². The average molecular weight is 284 g/mol. The van der Waals surface area contributed by atoms with E-state index in [0.717, 1.165) is 30.0 Å². The summed E-state index contributed by atoms with van der Waals surface area (Å²) in [7, 11) is -3.10. The Hall–Kier alpha value is -1.21. The van der Waals surface area contributed by atoms with Gasteiger partial charge in [0.05, 0.1) is 11.9 Å². The third-order valence-corrected chi connectivity index (χ3v) is 4.77. The van der Waals surface area contributed by atoms with Gasteiger partial charge >= 0.3 is 0 Å². The molecule has 0 unspecified atom stereocenters. The summed E-state index contributed by atoms with van der Waals surface area (Å²) in [6, 6.07) is 2.01. The second-order valence-electron chi connectivity index (χ2n) is 4.97. The highest BCUT2D eigenvalue weighted by atomic mass is 32.2. The summed E-state index contributed by atoms with van der Waals surface area (Å²) < 4.78 is 24.7. The maximum Gasteiger partial charge on any atom is 0.211 e. The van der Waals surface area contributed by atoms with Gasteiger partial charge in [0.2, 0.25) is 10.0 Å². The molecule has 106 valence electrons. The minimum atomic E-state index is -3.10. The van der Waals surface area contributed by atoms with Crippen LogP contribution >= 0.6 is 0 Å². The van der Waals surface area contributed by atoms with E-state index < -0.39 is 10.0 Å². The van der Waals surface area contributed by atoms with Crippen molar-refractivity contribution in [2.24, 2.45) is 0 Å². The number of anilines is 1. The molecule has 0 bridgehead atoms. The van der Waals surface area contributed by atoms with Gasteiger partial charge in [-0.1, -0.05) is 0 Å². The molecule has 6 nitrogen and oxygen atoms in total. The van der Waals surface area contributed by atoms with E-state index in [-0.39, 0.29) is 0 Å². The van der Waals surface area contributed by atoms with Gasteiger partial charge in [0, 0.05) is 26.2 Å². The lowest BCUT2D eigenvalue weighted by molar-refractivity contribution is 0.437. The van der Waals surface area contributed by atoms with E-state index in [0.29, 0.717) is 19.6 Å². The Morgan fingerprint density at radius 1 is 1.11 bits per heavy atom. The highest BCUT2D eigenvalue weighted by Crippen LogP contribution is 2.16. The maximum absolute atomic E-state index is 11.6. The molecule has 0 atom stereocenters. The van der Waals surface area contributed by atoms with E-state index in [2.05, 4.69) is 15.1 Å². The number of nitrogens with zero attached hydrogens (tertiary/aromatic N) is 4. The van der Waals surface area contributed by atoms with Crippen LogP contribution in [0.1, 0.15) is 17.7 Å². The van der Waals surface area contributed by atoms with Gasteiger partial charge in [0.1, 0.15) is 0 Å². The van der Waals surface area contributed by atoms with E-state index in [1.54, 1.807) is 0 Å². The maximum atomic E-state index is 11.6. The first kappa shape index (κ1) is 14.2. The van der Waals surface area contributed by atoms with Crippen LogP contribution in [0.3, 0.4) is 0 Å². The largest absolute Gasteiger partial charge is 0.354 e. The van der Waals surface area contributed by atoms with Crippen LogP contribution in [0.5, 0.6) is 0 Å². The van der Waals surface area contributed by atoms with Crippen molar-refractivity contribution in [1.82, 2.24) is 14.5 Å². The SMILES string of the molecule is Cc1cc(N2CCCN(S(C)(=O)=O)CC2)nnc1C. The number of aryl methyl sites for hydroxylation is 2. The van der Waals surface area contributed by atoms with Crippen molar-refractivity contribution in [3.8, 4) is 0 Å². The zero-order valence-corrected chi connectivity index (χ0v) is 12.4. The van der Waals surface area contributed by atoms with Gasteiger partial charge in [-0.3, -0.25) is 0 Å². The predicted octanol–water partition coefficient (Wildman–Crippen LogP) is 0.565. The first-order valence-electron chi connectivity index (χ1n) is 6.39. The molecule has 7 heteroatoms. The fourth-order valence-corrected chi connectivity index (χ4v) is 3.02. The molecule has 1 aromatic rings. The molecule has 0 aromatic carbocycles. The van der Waals surface area contributed by atoms with Crippen molar-refractivity contribution in [3.63, 3.8) is 0 Å². The zero-order chi connectivity index (χ0) is 14.0. The van der Waals surface area contributed by atoms with E-state index >= 15 is 0 Å². The monoisotopic (exact) mass is 284 g/mol. The van der Waals surface area contributed by atoms with Crippen LogP contribution in [0.4, 0.5) is 5.82 Å². The number of aromatic nitrogens is 2. The Labute approximate surface area is 114 Å². The zero-order valence-electron chi connectivity index (χ0n) is 11.6. The minimum absolute atomic E-state index is 0.507. The number of hydrogen-bond acceptors (Lipinski definition) is 5. The van der Waals surface area contributed by atoms with E-state index in [9.17, 15) is 8.42 Å². The topological polar surface area (TPSA) is 66.4 Å². The summed E-state index contributed by atoms with van der Waals surface area (Å²) in [6.45, 7) is 6.49. The molecule has 1 saturated heterocycles. The van der Waals surface area contributed by atoms with Gasteiger partial charge in [-0.2, -0.15) is 5.10 Å². The third-order valence-electron chi connectivity index (χ3n) is 3.47. The molecular formula is C12H20N4O2S. The molecule has 0 amide bonds. The molecule has 1 aromatic heterocycles. The molecule has 2 rings (SSSR count). The summed E-state index contributed by atoms with van der Waals surface area (Å²) in [6.07, 6.45) is 2.07. The van der Waals surface area contributed by atoms with Crippen molar-refractivity contribution in [3.05, 3.63) is 17.3 Å². The molecule has 0 saturated carbocycles. The van der Waals surface area contributed by atoms with Crippen LogP contribution in [0.15, 0.2) is 6.07 Å². The van der Waals surface area contributed by atoms with Gasteiger partial charge in [-0.05, 0) is 31.9 Å². The quantitative estimate of drug-likeness (QED) is 0.794. The molecule has 0 aliphatic carbocycles. The van der Waals surface area contributed by atoms with Gasteiger partial charge in [-0.15, -0.1) is 5.10 Å². The third kappa shape index (κ3) is 3.42. The van der Waals surface area contributed by atoms with E-state index in [1.807, 2.05) is 19.9 Å². The number of rotatable bonds is 2. The second kappa shape index (κ2) is 5.42. The van der Waals surface area contributed by atoms with Crippen molar-refractivity contribution in [2.75, 3.05) is 37.3 Å². The van der Waals surface area contributed by atoms with Crippen LogP contribution < -0.4 is 4.90 Å². The second-order valence-corrected chi connectivity index (χ2v) is 6.96. The molecule has 2 heterocycles. The van der Waals surface area contributed by atoms with Crippen LogP contribution in [-0.4, -0.2) is 55.4 Å². The molecule has 19 heavy (non-hydrogen) atoms. The van der Waals surface area contributed by atoms with Gasteiger partial charge in [-0.25, -0.2) is 12.7 Å². The normalized spacial score (nSPS) is 18.4. The predicted molar refractivity (Wildman–Crippen MR) is 74.8 cm³/mol. The molecule has 0 N–H and O–H groups in total. The Kier molecular flexibility index (Phi) is 4.05. The molecule has 0 spiro atoms. The molecular weight excluding hydrogens is 264 g/mol. The molecule has 1 aliphatic heterocycles. The average Bonchev–Trinajstić information content (AvgIpc) is 2.57. The van der Waals surface area contributed by atoms with Gasteiger partial charge in [0.25, 0.3) is 0 Å². The standard InChI is InChI=1S/C12H20N4O2S/c1-10-9-12(14-13-11(10)2)15-5-4-6-16(8-7-15)19(3,17)18/h9H,4-8H2,1-3H3. The summed E-state index contributed by atoms with van der Waals surface area (Å²) in [4.78, 5) is 2.10. The fourth-order valence-electron chi connectivity index (χ4n) is 2.14. The molecule has 0 radical (unpaired) electrons. The van der Waals surface area contributed by atoms with Crippen LogP contribution in [-0.2, 0) is 10.0 Å².